The molecule has 0 fully saturated rings. The number of fused-ring (bicyclic) bond motifs is 2. The van der Waals surface area contributed by atoms with E-state index in [0.29, 0.717) is 30.8 Å². The molecule has 1 aliphatic heterocycles. The van der Waals surface area contributed by atoms with E-state index in [-0.39, 0.29) is 11.8 Å². The number of halogens is 1. The first-order valence-corrected chi connectivity index (χ1v) is 11.8. The van der Waals surface area contributed by atoms with E-state index < -0.39 is 0 Å². The first-order chi connectivity index (χ1) is 16.0. The smallest absolute Gasteiger partial charge is 0.290 e. The summed E-state index contributed by atoms with van der Waals surface area (Å²) in [6.45, 7) is 3.14. The number of aromatic nitrogens is 1. The van der Waals surface area contributed by atoms with Gasteiger partial charge in [0.2, 0.25) is 0 Å². The van der Waals surface area contributed by atoms with E-state index in [0.717, 1.165) is 46.3 Å². The van der Waals surface area contributed by atoms with Crippen molar-refractivity contribution in [2.45, 2.75) is 39.2 Å². The molecular formula is C25H23BrN4O3. The highest BCUT2D eigenvalue weighted by Crippen LogP contribution is 2.31. The van der Waals surface area contributed by atoms with Gasteiger partial charge in [-0.2, -0.15) is 5.10 Å². The second-order valence-corrected chi connectivity index (χ2v) is 9.26. The van der Waals surface area contributed by atoms with E-state index in [4.69, 9.17) is 4.42 Å². The van der Waals surface area contributed by atoms with Gasteiger partial charge in [0.15, 0.2) is 5.76 Å². The summed E-state index contributed by atoms with van der Waals surface area (Å²) in [5.74, 6) is 0.695. The van der Waals surface area contributed by atoms with Gasteiger partial charge in [-0.25, -0.2) is 5.43 Å². The van der Waals surface area contributed by atoms with E-state index in [1.165, 1.54) is 17.3 Å². The van der Waals surface area contributed by atoms with Gasteiger partial charge in [0.1, 0.15) is 5.76 Å². The molecule has 2 aliphatic rings. The summed E-state index contributed by atoms with van der Waals surface area (Å²) in [4.78, 5) is 31.7. The Morgan fingerprint density at radius 1 is 1.15 bits per heavy atom. The van der Waals surface area contributed by atoms with Crippen LogP contribution in [0, 0.1) is 6.92 Å². The molecule has 8 heteroatoms. The lowest BCUT2D eigenvalue weighted by atomic mass is 9.93. The summed E-state index contributed by atoms with van der Waals surface area (Å²) < 4.78 is 6.80. The van der Waals surface area contributed by atoms with Gasteiger partial charge >= 0.3 is 0 Å². The summed E-state index contributed by atoms with van der Waals surface area (Å²) in [6, 6.07) is 9.92. The maximum Gasteiger partial charge on any atom is 0.290 e. The molecule has 1 aromatic carbocycles. The molecule has 0 spiro atoms. The molecule has 1 N–H and O–H groups in total. The molecule has 0 unspecified atom stereocenters. The lowest BCUT2D eigenvalue weighted by Gasteiger charge is -2.28. The van der Waals surface area contributed by atoms with Crippen LogP contribution in [0.25, 0.3) is 0 Å². The average molecular weight is 507 g/mol. The van der Waals surface area contributed by atoms with Gasteiger partial charge in [-0.05, 0) is 59.3 Å². The lowest BCUT2D eigenvalue weighted by Crippen LogP contribution is -2.36. The number of rotatable bonds is 3. The van der Waals surface area contributed by atoms with Crippen LogP contribution in [0.4, 0.5) is 0 Å². The number of hydrogen-bond acceptors (Lipinski definition) is 5. The molecule has 0 atom stereocenters. The third-order valence-corrected chi connectivity index (χ3v) is 6.63. The first-order valence-electron chi connectivity index (χ1n) is 11.0. The highest BCUT2D eigenvalue weighted by atomic mass is 79.9. The van der Waals surface area contributed by atoms with Crippen molar-refractivity contribution >= 4 is 33.5 Å². The standard InChI is InChI=1S/C25H23BrN4O3/c1-15-22-20(28-29-24(31)18-11-19(26)13-27-12-18)7-4-8-21(22)33-23(15)25(32)30-10-9-16-5-2-3-6-17(16)14-30/h2-3,5-6,11-13H,4,7-10,14H2,1H3,(H,29,31)/b28-20+. The maximum absolute atomic E-state index is 13.3. The Balaban J connectivity index is 1.38. The number of nitrogens with zero attached hydrogens (tertiary/aromatic N) is 3. The number of furan rings is 1. The predicted molar refractivity (Wildman–Crippen MR) is 127 cm³/mol. The van der Waals surface area contributed by atoms with E-state index >= 15 is 0 Å². The van der Waals surface area contributed by atoms with Crippen molar-refractivity contribution in [3.05, 3.63) is 86.5 Å². The van der Waals surface area contributed by atoms with Crippen molar-refractivity contribution in [3.8, 4) is 0 Å². The summed E-state index contributed by atoms with van der Waals surface area (Å²) in [6.07, 6.45) is 6.24. The minimum Gasteiger partial charge on any atom is -0.455 e. The number of benzene rings is 1. The fourth-order valence-electron chi connectivity index (χ4n) is 4.52. The number of carbonyl (C=O) groups excluding carboxylic acids is 2. The molecule has 3 aromatic rings. The van der Waals surface area contributed by atoms with E-state index in [1.54, 1.807) is 12.3 Å². The fourth-order valence-corrected chi connectivity index (χ4v) is 4.88. The van der Waals surface area contributed by atoms with Gasteiger partial charge < -0.3 is 9.32 Å². The summed E-state index contributed by atoms with van der Waals surface area (Å²) in [5.41, 5.74) is 7.87. The average Bonchev–Trinajstić information content (AvgIpc) is 3.18. The van der Waals surface area contributed by atoms with Crippen molar-refractivity contribution in [1.82, 2.24) is 15.3 Å². The minimum atomic E-state index is -0.340. The maximum atomic E-state index is 13.3. The number of carbonyl (C=O) groups is 2. The van der Waals surface area contributed by atoms with Crippen molar-refractivity contribution < 1.29 is 14.0 Å². The molecule has 3 heterocycles. The molecule has 5 rings (SSSR count). The SMILES string of the molecule is Cc1c(C(=O)N2CCc3ccccc3C2)oc2c1/C(=N/NC(=O)c1cncc(Br)c1)CCC2. The summed E-state index contributed by atoms with van der Waals surface area (Å²) in [7, 11) is 0. The van der Waals surface area contributed by atoms with Crippen LogP contribution in [-0.4, -0.2) is 34.0 Å². The third-order valence-electron chi connectivity index (χ3n) is 6.20. The Labute approximate surface area is 200 Å². The lowest BCUT2D eigenvalue weighted by molar-refractivity contribution is 0.0699. The van der Waals surface area contributed by atoms with Crippen LogP contribution >= 0.6 is 15.9 Å². The molecule has 2 aromatic heterocycles. The molecule has 0 radical (unpaired) electrons. The summed E-state index contributed by atoms with van der Waals surface area (Å²) in [5, 5.41) is 4.40. The van der Waals surface area contributed by atoms with Crippen molar-refractivity contribution in [2.75, 3.05) is 6.54 Å². The van der Waals surface area contributed by atoms with Crippen LogP contribution in [0.3, 0.4) is 0 Å². The zero-order valence-corrected chi connectivity index (χ0v) is 19.8. The number of aryl methyl sites for hydroxylation is 1. The Morgan fingerprint density at radius 2 is 1.97 bits per heavy atom. The highest BCUT2D eigenvalue weighted by molar-refractivity contribution is 9.10. The van der Waals surface area contributed by atoms with Gasteiger partial charge in [-0.3, -0.25) is 14.6 Å². The van der Waals surface area contributed by atoms with Gasteiger partial charge in [-0.15, -0.1) is 0 Å². The second kappa shape index (κ2) is 8.94. The summed E-state index contributed by atoms with van der Waals surface area (Å²) >= 11 is 3.32. The van der Waals surface area contributed by atoms with Crippen LogP contribution in [0.1, 0.15) is 61.8 Å². The Morgan fingerprint density at radius 3 is 2.79 bits per heavy atom. The molecule has 168 valence electrons. The third kappa shape index (κ3) is 4.23. The molecule has 33 heavy (non-hydrogen) atoms. The highest BCUT2D eigenvalue weighted by Gasteiger charge is 2.31. The monoisotopic (exact) mass is 506 g/mol. The Kier molecular flexibility index (Phi) is 5.85. The Hall–Kier alpha value is -3.26. The van der Waals surface area contributed by atoms with Crippen molar-refractivity contribution in [1.29, 1.82) is 0 Å². The molecular weight excluding hydrogens is 484 g/mol. The van der Waals surface area contributed by atoms with E-state index in [2.05, 4.69) is 43.6 Å². The normalized spacial score (nSPS) is 16.3. The number of hydrogen-bond donors (Lipinski definition) is 1. The number of nitrogens with one attached hydrogen (secondary N) is 1. The second-order valence-electron chi connectivity index (χ2n) is 8.34. The van der Waals surface area contributed by atoms with Crippen LogP contribution in [0.15, 0.2) is 56.7 Å². The number of pyridine rings is 1. The van der Waals surface area contributed by atoms with Crippen LogP contribution in [-0.2, 0) is 19.4 Å². The largest absolute Gasteiger partial charge is 0.455 e. The Bertz CT molecular complexity index is 1280. The topological polar surface area (TPSA) is 87.8 Å². The minimum absolute atomic E-state index is 0.0972. The zero-order chi connectivity index (χ0) is 22.9. The van der Waals surface area contributed by atoms with Crippen molar-refractivity contribution in [2.24, 2.45) is 5.10 Å². The molecule has 1 aliphatic carbocycles. The number of amides is 2. The van der Waals surface area contributed by atoms with Gasteiger partial charge in [-0.1, -0.05) is 24.3 Å². The molecule has 0 bridgehead atoms. The quantitative estimate of drug-likeness (QED) is 0.532. The van der Waals surface area contributed by atoms with E-state index in [1.807, 2.05) is 24.0 Å². The molecule has 0 saturated heterocycles. The molecule has 7 nitrogen and oxygen atoms in total. The van der Waals surface area contributed by atoms with Crippen LogP contribution < -0.4 is 5.43 Å². The molecule has 2 amide bonds. The first kappa shape index (κ1) is 21.6. The van der Waals surface area contributed by atoms with Gasteiger partial charge in [0.05, 0.1) is 11.3 Å². The van der Waals surface area contributed by atoms with Gasteiger partial charge in [0.25, 0.3) is 11.8 Å². The predicted octanol–water partition coefficient (Wildman–Crippen LogP) is 4.41. The molecule has 0 saturated carbocycles. The number of hydrazone groups is 1. The van der Waals surface area contributed by atoms with Gasteiger partial charge in [0, 0.05) is 47.5 Å². The fraction of sp³-hybridized carbons (Fsp3) is 0.280. The van der Waals surface area contributed by atoms with Crippen molar-refractivity contribution in [3.63, 3.8) is 0 Å². The van der Waals surface area contributed by atoms with E-state index in [9.17, 15) is 9.59 Å². The van der Waals surface area contributed by atoms with Crippen LogP contribution in [0.2, 0.25) is 0 Å². The zero-order valence-electron chi connectivity index (χ0n) is 18.2. The van der Waals surface area contributed by atoms with Crippen LogP contribution in [0.5, 0.6) is 0 Å².